The summed E-state index contributed by atoms with van der Waals surface area (Å²) in [7, 11) is 3.49. The molecule has 1 saturated carbocycles. The summed E-state index contributed by atoms with van der Waals surface area (Å²) in [5.74, 6) is 1.38. The molecule has 1 aliphatic carbocycles. The summed E-state index contributed by atoms with van der Waals surface area (Å²) in [4.78, 5) is 17.2. The lowest BCUT2D eigenvalue weighted by molar-refractivity contribution is 0.0728. The van der Waals surface area contributed by atoms with E-state index in [0.29, 0.717) is 23.5 Å². The first-order valence-electron chi connectivity index (χ1n) is 8.85. The van der Waals surface area contributed by atoms with Gasteiger partial charge in [-0.1, -0.05) is 0 Å². The molecule has 2 fully saturated rings. The Labute approximate surface area is 144 Å². The second-order valence-electron chi connectivity index (χ2n) is 7.13. The van der Waals surface area contributed by atoms with Gasteiger partial charge in [0, 0.05) is 38.3 Å². The molecule has 0 aromatic heterocycles. The van der Waals surface area contributed by atoms with Crippen LogP contribution in [0.2, 0.25) is 0 Å². The van der Waals surface area contributed by atoms with E-state index in [1.165, 1.54) is 0 Å². The van der Waals surface area contributed by atoms with Crippen LogP contribution in [0.4, 0.5) is 0 Å². The van der Waals surface area contributed by atoms with Gasteiger partial charge in [-0.05, 0) is 45.2 Å². The van der Waals surface area contributed by atoms with Crippen LogP contribution in [0, 0.1) is 0 Å². The Morgan fingerprint density at radius 2 is 2.04 bits per heavy atom. The molecule has 0 N–H and O–H groups in total. The first-order valence-corrected chi connectivity index (χ1v) is 8.85. The van der Waals surface area contributed by atoms with Crippen molar-refractivity contribution >= 4 is 5.91 Å². The minimum atomic E-state index is 0.0143. The zero-order valence-corrected chi connectivity index (χ0v) is 15.1. The van der Waals surface area contributed by atoms with E-state index in [1.807, 2.05) is 30.1 Å². The predicted octanol–water partition coefficient (Wildman–Crippen LogP) is 2.79. The molecule has 2 aliphatic rings. The topological polar surface area (TPSA) is 42.0 Å². The SMILES string of the molecule is COc1cc(OC2CC2)ccc1C(=O)N(C)C1CCN(C(C)C)C1. The Bertz CT molecular complexity index is 598. The third-order valence-corrected chi connectivity index (χ3v) is 5.02. The zero-order chi connectivity index (χ0) is 17.3. The molecule has 1 aromatic carbocycles. The molecule has 5 nitrogen and oxygen atoms in total. The molecule has 1 saturated heterocycles. The molecule has 1 aliphatic heterocycles. The number of methoxy groups -OCH3 is 1. The molecular weight excluding hydrogens is 304 g/mol. The molecule has 1 unspecified atom stereocenters. The largest absolute Gasteiger partial charge is 0.496 e. The van der Waals surface area contributed by atoms with Gasteiger partial charge >= 0.3 is 0 Å². The van der Waals surface area contributed by atoms with Crippen molar-refractivity contribution in [3.63, 3.8) is 0 Å². The lowest BCUT2D eigenvalue weighted by Crippen LogP contribution is -2.40. The van der Waals surface area contributed by atoms with Crippen LogP contribution in [-0.4, -0.2) is 61.1 Å². The molecule has 24 heavy (non-hydrogen) atoms. The fraction of sp³-hybridized carbons (Fsp3) is 0.632. The van der Waals surface area contributed by atoms with Crippen molar-refractivity contribution in [2.24, 2.45) is 0 Å². The number of carbonyl (C=O) groups excluding carboxylic acids is 1. The van der Waals surface area contributed by atoms with Gasteiger partial charge in [0.15, 0.2) is 0 Å². The van der Waals surface area contributed by atoms with Crippen LogP contribution >= 0.6 is 0 Å². The molecule has 3 rings (SSSR count). The van der Waals surface area contributed by atoms with Crippen molar-refractivity contribution in [2.45, 2.75) is 51.3 Å². The van der Waals surface area contributed by atoms with E-state index < -0.39 is 0 Å². The minimum absolute atomic E-state index is 0.0143. The molecular formula is C19H28N2O3. The molecule has 1 amide bonds. The van der Waals surface area contributed by atoms with Crippen molar-refractivity contribution in [3.8, 4) is 11.5 Å². The lowest BCUT2D eigenvalue weighted by atomic mass is 10.1. The molecule has 1 heterocycles. The van der Waals surface area contributed by atoms with Crippen molar-refractivity contribution < 1.29 is 14.3 Å². The summed E-state index contributed by atoms with van der Waals surface area (Å²) < 4.78 is 11.2. The number of benzene rings is 1. The Morgan fingerprint density at radius 1 is 1.29 bits per heavy atom. The summed E-state index contributed by atoms with van der Waals surface area (Å²) >= 11 is 0. The highest BCUT2D eigenvalue weighted by molar-refractivity contribution is 5.97. The third kappa shape index (κ3) is 3.66. The highest BCUT2D eigenvalue weighted by Crippen LogP contribution is 2.31. The maximum atomic E-state index is 12.9. The Balaban J connectivity index is 1.71. The van der Waals surface area contributed by atoms with E-state index in [0.717, 1.165) is 38.1 Å². The quantitative estimate of drug-likeness (QED) is 0.803. The van der Waals surface area contributed by atoms with E-state index in [2.05, 4.69) is 18.7 Å². The van der Waals surface area contributed by atoms with Crippen LogP contribution in [0.3, 0.4) is 0 Å². The monoisotopic (exact) mass is 332 g/mol. The Hall–Kier alpha value is -1.75. The van der Waals surface area contributed by atoms with Crippen LogP contribution in [0.25, 0.3) is 0 Å². The molecule has 0 spiro atoms. The van der Waals surface area contributed by atoms with E-state index in [4.69, 9.17) is 9.47 Å². The van der Waals surface area contributed by atoms with Gasteiger partial charge < -0.3 is 14.4 Å². The fourth-order valence-corrected chi connectivity index (χ4v) is 3.21. The lowest BCUT2D eigenvalue weighted by Gasteiger charge is -2.27. The van der Waals surface area contributed by atoms with E-state index in [1.54, 1.807) is 7.11 Å². The van der Waals surface area contributed by atoms with Crippen LogP contribution in [0.15, 0.2) is 18.2 Å². The maximum Gasteiger partial charge on any atom is 0.257 e. The standard InChI is InChI=1S/C19H28N2O3/c1-13(2)21-10-9-14(12-21)20(3)19(22)17-8-7-16(11-18(17)23-4)24-15-5-6-15/h7-8,11,13-15H,5-6,9-10,12H2,1-4H3. The molecule has 1 aromatic rings. The highest BCUT2D eigenvalue weighted by Gasteiger charge is 2.31. The second-order valence-corrected chi connectivity index (χ2v) is 7.13. The Kier molecular flexibility index (Phi) is 4.99. The number of amides is 1. The van der Waals surface area contributed by atoms with Crippen molar-refractivity contribution in [2.75, 3.05) is 27.2 Å². The number of hydrogen-bond acceptors (Lipinski definition) is 4. The molecule has 0 bridgehead atoms. The van der Waals surface area contributed by atoms with E-state index in [-0.39, 0.29) is 11.9 Å². The van der Waals surface area contributed by atoms with Crippen LogP contribution < -0.4 is 9.47 Å². The number of nitrogens with zero attached hydrogens (tertiary/aromatic N) is 2. The zero-order valence-electron chi connectivity index (χ0n) is 15.1. The van der Waals surface area contributed by atoms with Crippen molar-refractivity contribution in [1.29, 1.82) is 0 Å². The average Bonchev–Trinajstić information content (AvgIpc) is 3.24. The van der Waals surface area contributed by atoms with Gasteiger partial charge in [0.05, 0.1) is 18.8 Å². The first kappa shape index (κ1) is 17.1. The number of likely N-dealkylation sites (tertiary alicyclic amines) is 1. The number of carbonyl (C=O) groups is 1. The molecule has 132 valence electrons. The number of rotatable bonds is 6. The Morgan fingerprint density at radius 3 is 2.62 bits per heavy atom. The maximum absolute atomic E-state index is 12.9. The highest BCUT2D eigenvalue weighted by atomic mass is 16.5. The number of likely N-dealkylation sites (N-methyl/N-ethyl adjacent to an activating group) is 1. The van der Waals surface area contributed by atoms with Crippen LogP contribution in [0.1, 0.15) is 43.5 Å². The van der Waals surface area contributed by atoms with Gasteiger partial charge in [-0.3, -0.25) is 9.69 Å². The first-order chi connectivity index (χ1) is 11.5. The van der Waals surface area contributed by atoms with Crippen LogP contribution in [-0.2, 0) is 0 Å². The van der Waals surface area contributed by atoms with Gasteiger partial charge in [0.2, 0.25) is 0 Å². The summed E-state index contributed by atoms with van der Waals surface area (Å²) in [6.45, 7) is 6.38. The molecule has 0 radical (unpaired) electrons. The summed E-state index contributed by atoms with van der Waals surface area (Å²) in [5, 5.41) is 0. The van der Waals surface area contributed by atoms with E-state index >= 15 is 0 Å². The van der Waals surface area contributed by atoms with Gasteiger partial charge in [0.1, 0.15) is 11.5 Å². The third-order valence-electron chi connectivity index (χ3n) is 5.02. The van der Waals surface area contributed by atoms with Gasteiger partial charge in [-0.15, -0.1) is 0 Å². The van der Waals surface area contributed by atoms with Crippen LogP contribution in [0.5, 0.6) is 11.5 Å². The van der Waals surface area contributed by atoms with E-state index in [9.17, 15) is 4.79 Å². The fourth-order valence-electron chi connectivity index (χ4n) is 3.21. The number of ether oxygens (including phenoxy) is 2. The smallest absolute Gasteiger partial charge is 0.257 e. The van der Waals surface area contributed by atoms with Gasteiger partial charge in [-0.2, -0.15) is 0 Å². The van der Waals surface area contributed by atoms with Crippen molar-refractivity contribution in [1.82, 2.24) is 9.80 Å². The normalized spacial score (nSPS) is 21.1. The summed E-state index contributed by atoms with van der Waals surface area (Å²) in [6.07, 6.45) is 3.57. The van der Waals surface area contributed by atoms with Gasteiger partial charge in [0.25, 0.3) is 5.91 Å². The minimum Gasteiger partial charge on any atom is -0.496 e. The molecule has 5 heteroatoms. The number of hydrogen-bond donors (Lipinski definition) is 0. The summed E-state index contributed by atoms with van der Waals surface area (Å²) in [5.41, 5.74) is 0.603. The molecule has 1 atom stereocenters. The van der Waals surface area contributed by atoms with Crippen molar-refractivity contribution in [3.05, 3.63) is 23.8 Å². The second kappa shape index (κ2) is 7.01. The summed E-state index contributed by atoms with van der Waals surface area (Å²) in [6, 6.07) is 6.30. The predicted molar refractivity (Wildman–Crippen MR) is 93.9 cm³/mol. The average molecular weight is 332 g/mol. The van der Waals surface area contributed by atoms with Gasteiger partial charge in [-0.25, -0.2) is 0 Å².